The van der Waals surface area contributed by atoms with Crippen LogP contribution in [0.15, 0.2) is 41.4 Å². The number of rotatable bonds is 9. The number of hydrogen-bond acceptors (Lipinski definition) is 5. The second-order valence-electron chi connectivity index (χ2n) is 6.15. The number of aliphatic hydroxyl groups is 1. The highest BCUT2D eigenvalue weighted by Crippen LogP contribution is 2.38. The molecule has 1 unspecified atom stereocenters. The highest BCUT2D eigenvalue weighted by molar-refractivity contribution is 5.79. The van der Waals surface area contributed by atoms with E-state index in [2.05, 4.69) is 15.6 Å². The van der Waals surface area contributed by atoms with Crippen molar-refractivity contribution in [2.45, 2.75) is 19.6 Å². The van der Waals surface area contributed by atoms with Gasteiger partial charge in [0.15, 0.2) is 17.5 Å². The molecular weight excluding hydrogens is 377 g/mol. The minimum atomic E-state index is -0.999. The van der Waals surface area contributed by atoms with Crippen molar-refractivity contribution in [2.24, 2.45) is 4.99 Å². The Morgan fingerprint density at radius 1 is 1.07 bits per heavy atom. The van der Waals surface area contributed by atoms with Crippen LogP contribution in [0.25, 0.3) is 0 Å². The molecule has 0 aliphatic heterocycles. The summed E-state index contributed by atoms with van der Waals surface area (Å²) in [4.78, 5) is 4.52. The largest absolute Gasteiger partial charge is 0.493 e. The fourth-order valence-electron chi connectivity index (χ4n) is 2.79. The zero-order valence-electron chi connectivity index (χ0n) is 17.2. The van der Waals surface area contributed by atoms with E-state index in [1.165, 1.54) is 6.07 Å². The van der Waals surface area contributed by atoms with Gasteiger partial charge in [0.1, 0.15) is 5.82 Å². The number of ether oxygens (including phenoxy) is 3. The summed E-state index contributed by atoms with van der Waals surface area (Å²) in [6.07, 6.45) is -0.999. The van der Waals surface area contributed by atoms with Gasteiger partial charge in [-0.15, -0.1) is 0 Å². The van der Waals surface area contributed by atoms with Crippen molar-refractivity contribution in [3.63, 3.8) is 0 Å². The van der Waals surface area contributed by atoms with E-state index in [0.717, 1.165) is 5.56 Å². The summed E-state index contributed by atoms with van der Waals surface area (Å²) in [6, 6.07) is 9.79. The van der Waals surface area contributed by atoms with E-state index in [1.54, 1.807) is 39.5 Å². The molecule has 3 N–H and O–H groups in total. The average Bonchev–Trinajstić information content (AvgIpc) is 2.74. The lowest BCUT2D eigenvalue weighted by molar-refractivity contribution is 0.176. The van der Waals surface area contributed by atoms with Gasteiger partial charge in [-0.1, -0.05) is 18.2 Å². The zero-order valence-corrected chi connectivity index (χ0v) is 17.2. The standard InChI is InChI=1S/C21H28FN3O4/c1-5-23-21(25-13-17(26)15-8-6-7-9-16(15)22)24-12-14-10-18(27-2)20(29-4)19(11-14)28-3/h6-11,17,26H,5,12-13H2,1-4H3,(H2,23,24,25). The second-order valence-corrected chi connectivity index (χ2v) is 6.15. The van der Waals surface area contributed by atoms with Crippen molar-refractivity contribution < 1.29 is 23.7 Å². The number of aliphatic hydroxyl groups excluding tert-OH is 1. The summed E-state index contributed by atoms with van der Waals surface area (Å²) in [6.45, 7) is 3.02. The van der Waals surface area contributed by atoms with Gasteiger partial charge in [-0.25, -0.2) is 9.38 Å². The fraction of sp³-hybridized carbons (Fsp3) is 0.381. The molecule has 158 valence electrons. The molecular formula is C21H28FN3O4. The summed E-state index contributed by atoms with van der Waals surface area (Å²) in [5, 5.41) is 16.4. The Morgan fingerprint density at radius 2 is 1.72 bits per heavy atom. The molecule has 2 rings (SSSR count). The van der Waals surface area contributed by atoms with Crippen molar-refractivity contribution in [1.29, 1.82) is 0 Å². The molecule has 0 amide bonds. The molecule has 0 aliphatic rings. The van der Waals surface area contributed by atoms with Gasteiger partial charge in [-0.05, 0) is 30.7 Å². The van der Waals surface area contributed by atoms with Crippen LogP contribution in [0.4, 0.5) is 4.39 Å². The van der Waals surface area contributed by atoms with E-state index >= 15 is 0 Å². The van der Waals surface area contributed by atoms with Crippen LogP contribution < -0.4 is 24.8 Å². The third kappa shape index (κ3) is 5.99. The Labute approximate surface area is 170 Å². The number of methoxy groups -OCH3 is 3. The van der Waals surface area contributed by atoms with E-state index in [0.29, 0.717) is 36.3 Å². The molecule has 8 heteroatoms. The van der Waals surface area contributed by atoms with Crippen LogP contribution in [0.5, 0.6) is 17.2 Å². The molecule has 2 aromatic carbocycles. The zero-order chi connectivity index (χ0) is 21.2. The molecule has 0 fully saturated rings. The van der Waals surface area contributed by atoms with Crippen molar-refractivity contribution in [2.75, 3.05) is 34.4 Å². The van der Waals surface area contributed by atoms with Gasteiger partial charge in [-0.2, -0.15) is 0 Å². The smallest absolute Gasteiger partial charge is 0.203 e. The minimum absolute atomic E-state index is 0.113. The lowest BCUT2D eigenvalue weighted by Gasteiger charge is -2.16. The molecule has 2 aromatic rings. The van der Waals surface area contributed by atoms with Crippen LogP contribution in [-0.2, 0) is 6.54 Å². The third-order valence-corrected chi connectivity index (χ3v) is 4.22. The Bertz CT molecular complexity index is 804. The maximum Gasteiger partial charge on any atom is 0.203 e. The van der Waals surface area contributed by atoms with Gasteiger partial charge in [0.05, 0.1) is 34.0 Å². The second kappa shape index (κ2) is 11.1. The molecule has 0 saturated carbocycles. The van der Waals surface area contributed by atoms with Crippen LogP contribution in [0.1, 0.15) is 24.2 Å². The third-order valence-electron chi connectivity index (χ3n) is 4.22. The molecule has 0 aromatic heterocycles. The molecule has 7 nitrogen and oxygen atoms in total. The first-order valence-corrected chi connectivity index (χ1v) is 9.27. The van der Waals surface area contributed by atoms with Crippen molar-refractivity contribution >= 4 is 5.96 Å². The van der Waals surface area contributed by atoms with Gasteiger partial charge < -0.3 is 30.0 Å². The molecule has 0 bridgehead atoms. The minimum Gasteiger partial charge on any atom is -0.493 e. The van der Waals surface area contributed by atoms with E-state index < -0.39 is 11.9 Å². The molecule has 0 heterocycles. The van der Waals surface area contributed by atoms with Crippen molar-refractivity contribution in [3.05, 3.63) is 53.3 Å². The Morgan fingerprint density at radius 3 is 2.28 bits per heavy atom. The molecule has 29 heavy (non-hydrogen) atoms. The number of guanidine groups is 1. The number of halogens is 1. The van der Waals surface area contributed by atoms with E-state index in [9.17, 15) is 9.50 Å². The van der Waals surface area contributed by atoms with Crippen LogP contribution >= 0.6 is 0 Å². The number of nitrogens with one attached hydrogen (secondary N) is 2. The first-order chi connectivity index (χ1) is 14.0. The molecule has 0 saturated heterocycles. The molecule has 0 radical (unpaired) electrons. The number of aliphatic imine (C=N–C) groups is 1. The summed E-state index contributed by atoms with van der Waals surface area (Å²) >= 11 is 0. The summed E-state index contributed by atoms with van der Waals surface area (Å²) in [7, 11) is 4.66. The highest BCUT2D eigenvalue weighted by Gasteiger charge is 2.14. The van der Waals surface area contributed by atoms with Gasteiger partial charge in [0.25, 0.3) is 0 Å². The van der Waals surface area contributed by atoms with Gasteiger partial charge in [0, 0.05) is 18.7 Å². The Kier molecular flexibility index (Phi) is 8.54. The number of hydrogen-bond donors (Lipinski definition) is 3. The van der Waals surface area contributed by atoms with Gasteiger partial charge in [0.2, 0.25) is 5.75 Å². The molecule has 0 spiro atoms. The average molecular weight is 405 g/mol. The highest BCUT2D eigenvalue weighted by atomic mass is 19.1. The monoisotopic (exact) mass is 405 g/mol. The van der Waals surface area contributed by atoms with Gasteiger partial charge in [-0.3, -0.25) is 0 Å². The first kappa shape index (κ1) is 22.3. The van der Waals surface area contributed by atoms with E-state index in [1.807, 2.05) is 19.1 Å². The molecule has 0 aliphatic carbocycles. The summed E-state index contributed by atoms with van der Waals surface area (Å²) in [5.74, 6) is 1.66. The topological polar surface area (TPSA) is 84.3 Å². The van der Waals surface area contributed by atoms with Crippen LogP contribution in [0.3, 0.4) is 0 Å². The number of nitrogens with zero attached hydrogens (tertiary/aromatic N) is 1. The predicted octanol–water partition coefficient (Wildman–Crippen LogP) is 2.64. The van der Waals surface area contributed by atoms with Crippen molar-refractivity contribution in [1.82, 2.24) is 10.6 Å². The lowest BCUT2D eigenvalue weighted by atomic mass is 10.1. The normalized spacial score (nSPS) is 12.3. The summed E-state index contributed by atoms with van der Waals surface area (Å²) in [5.41, 5.74) is 1.09. The SMILES string of the molecule is CCNC(=NCc1cc(OC)c(OC)c(OC)c1)NCC(O)c1ccccc1F. The quantitative estimate of drug-likeness (QED) is 0.439. The summed E-state index contributed by atoms with van der Waals surface area (Å²) < 4.78 is 29.9. The van der Waals surface area contributed by atoms with Crippen LogP contribution in [0.2, 0.25) is 0 Å². The van der Waals surface area contributed by atoms with Crippen LogP contribution in [-0.4, -0.2) is 45.5 Å². The van der Waals surface area contributed by atoms with Crippen LogP contribution in [0, 0.1) is 5.82 Å². The maximum absolute atomic E-state index is 13.8. The van der Waals surface area contributed by atoms with E-state index in [-0.39, 0.29) is 12.1 Å². The Hall–Kier alpha value is -3.00. The molecule has 1 atom stereocenters. The van der Waals surface area contributed by atoms with Gasteiger partial charge >= 0.3 is 0 Å². The fourth-order valence-corrected chi connectivity index (χ4v) is 2.79. The van der Waals surface area contributed by atoms with E-state index in [4.69, 9.17) is 14.2 Å². The van der Waals surface area contributed by atoms with Crippen molar-refractivity contribution in [3.8, 4) is 17.2 Å². The first-order valence-electron chi connectivity index (χ1n) is 9.27. The maximum atomic E-state index is 13.8. The lowest BCUT2D eigenvalue weighted by Crippen LogP contribution is -2.39. The number of benzene rings is 2. The Balaban J connectivity index is 2.12. The predicted molar refractivity (Wildman–Crippen MR) is 110 cm³/mol.